The van der Waals surface area contributed by atoms with E-state index in [9.17, 15) is 0 Å². The lowest BCUT2D eigenvalue weighted by atomic mass is 9.97. The molecule has 2 aromatic heterocycles. The summed E-state index contributed by atoms with van der Waals surface area (Å²) in [5, 5.41) is 12.6. The standard InChI is InChI=1S/C63H45N5/c1-5-18-42(19-6-1)45-32-34-47(35-33-45)61-64-62(50-27-17-26-48(40-50)43-20-7-2-8-21-43)66-63(65-61)68-55-31-16-14-29-52(55)60-58(68)39-38-57-59(60)51-28-13-15-30-54(51)67(57)56-37-36-49(44-22-9-3-10-23-44)41-53(56)46-24-11-4-12-25-46/h1-41,61-62,64H,(H,65,66). The molecule has 322 valence electrons. The molecule has 2 N–H and O–H groups in total. The molecule has 5 heteroatoms. The monoisotopic (exact) mass is 871 g/mol. The van der Waals surface area contributed by atoms with Gasteiger partial charge in [-0.1, -0.05) is 206 Å². The number of nitrogens with zero attached hydrogens (tertiary/aromatic N) is 3. The molecule has 0 saturated carbocycles. The van der Waals surface area contributed by atoms with Crippen molar-refractivity contribution in [2.24, 2.45) is 4.99 Å². The van der Waals surface area contributed by atoms with Crippen molar-refractivity contribution in [2.75, 3.05) is 0 Å². The third-order valence-corrected chi connectivity index (χ3v) is 13.6. The Bertz CT molecular complexity index is 3830. The van der Waals surface area contributed by atoms with Gasteiger partial charge in [-0.2, -0.15) is 0 Å². The number of aromatic nitrogens is 2. The number of benzene rings is 10. The van der Waals surface area contributed by atoms with Gasteiger partial charge in [-0.15, -0.1) is 0 Å². The predicted molar refractivity (Wildman–Crippen MR) is 283 cm³/mol. The lowest BCUT2D eigenvalue weighted by Gasteiger charge is -2.33. The van der Waals surface area contributed by atoms with Crippen LogP contribution in [0.3, 0.4) is 0 Å². The topological polar surface area (TPSA) is 46.3 Å². The van der Waals surface area contributed by atoms with E-state index in [2.05, 4.69) is 268 Å². The molecule has 0 fully saturated rings. The summed E-state index contributed by atoms with van der Waals surface area (Å²) >= 11 is 0. The molecule has 2 unspecified atom stereocenters. The van der Waals surface area contributed by atoms with Crippen LogP contribution in [0.2, 0.25) is 0 Å². The first-order valence-electron chi connectivity index (χ1n) is 23.4. The van der Waals surface area contributed by atoms with Crippen molar-refractivity contribution in [1.29, 1.82) is 0 Å². The van der Waals surface area contributed by atoms with Crippen molar-refractivity contribution >= 4 is 49.6 Å². The predicted octanol–water partition coefficient (Wildman–Crippen LogP) is 15.4. The van der Waals surface area contributed by atoms with Gasteiger partial charge in [0.15, 0.2) is 0 Å². The van der Waals surface area contributed by atoms with Gasteiger partial charge in [-0.05, 0) is 92.5 Å². The highest BCUT2D eigenvalue weighted by Gasteiger charge is 2.29. The summed E-state index contributed by atoms with van der Waals surface area (Å²) in [7, 11) is 0. The first-order chi connectivity index (χ1) is 33.7. The quantitative estimate of drug-likeness (QED) is 0.168. The van der Waals surface area contributed by atoms with Crippen molar-refractivity contribution in [3.8, 4) is 50.2 Å². The van der Waals surface area contributed by atoms with Gasteiger partial charge in [0.1, 0.15) is 12.3 Å². The SMILES string of the molecule is c1ccc(-c2ccc(C3NC(n4c5ccccc5c5c6c7ccccc7n(-c7ccc(-c8ccccc8)cc7-c7ccccc7)c6ccc54)=NC(c4cccc(-c5ccccc5)c4)N3)cc2)cc1. The second kappa shape index (κ2) is 16.6. The maximum Gasteiger partial charge on any atom is 0.206 e. The van der Waals surface area contributed by atoms with Crippen molar-refractivity contribution in [1.82, 2.24) is 19.8 Å². The van der Waals surface area contributed by atoms with Crippen molar-refractivity contribution < 1.29 is 0 Å². The first-order valence-corrected chi connectivity index (χ1v) is 23.4. The van der Waals surface area contributed by atoms with Gasteiger partial charge in [-0.25, -0.2) is 4.99 Å². The third kappa shape index (κ3) is 6.79. The molecule has 0 spiro atoms. The third-order valence-electron chi connectivity index (χ3n) is 13.6. The Labute approximate surface area is 394 Å². The Balaban J connectivity index is 1.02. The maximum atomic E-state index is 5.60. The first kappa shape index (κ1) is 39.6. The summed E-state index contributed by atoms with van der Waals surface area (Å²) < 4.78 is 4.82. The van der Waals surface area contributed by atoms with E-state index >= 15 is 0 Å². The molecule has 5 nitrogen and oxygen atoms in total. The minimum atomic E-state index is -0.342. The summed E-state index contributed by atoms with van der Waals surface area (Å²) in [5.41, 5.74) is 17.3. The van der Waals surface area contributed by atoms with Crippen LogP contribution in [0.5, 0.6) is 0 Å². The zero-order valence-corrected chi connectivity index (χ0v) is 37.2. The summed E-state index contributed by atoms with van der Waals surface area (Å²) in [6.07, 6.45) is -0.583. The van der Waals surface area contributed by atoms with Gasteiger partial charge >= 0.3 is 0 Å². The Hall–Kier alpha value is -8.77. The highest BCUT2D eigenvalue weighted by atomic mass is 15.4. The fraction of sp³-hybridized carbons (Fsp3) is 0.0317. The fourth-order valence-corrected chi connectivity index (χ4v) is 10.4. The van der Waals surface area contributed by atoms with E-state index in [1.807, 2.05) is 0 Å². The molecule has 0 saturated heterocycles. The molecule has 2 atom stereocenters. The van der Waals surface area contributed by atoms with Crippen molar-refractivity contribution in [2.45, 2.75) is 12.3 Å². The number of nitrogens with one attached hydrogen (secondary N) is 2. The van der Waals surface area contributed by atoms with Gasteiger partial charge in [0, 0.05) is 27.1 Å². The van der Waals surface area contributed by atoms with Crippen LogP contribution < -0.4 is 10.6 Å². The number of para-hydroxylation sites is 2. The molecule has 13 rings (SSSR count). The zero-order chi connectivity index (χ0) is 45.0. The van der Waals surface area contributed by atoms with Crippen LogP contribution in [0.15, 0.2) is 254 Å². The molecule has 0 aliphatic carbocycles. The van der Waals surface area contributed by atoms with Crippen molar-refractivity contribution in [3.63, 3.8) is 0 Å². The molecule has 3 heterocycles. The fourth-order valence-electron chi connectivity index (χ4n) is 10.4. The average molecular weight is 872 g/mol. The Morgan fingerprint density at radius 1 is 0.338 bits per heavy atom. The summed E-state index contributed by atoms with van der Waals surface area (Å²) in [6, 6.07) is 89.5. The average Bonchev–Trinajstić information content (AvgIpc) is 3.94. The van der Waals surface area contributed by atoms with Crippen LogP contribution in [0.4, 0.5) is 0 Å². The van der Waals surface area contributed by atoms with Crippen LogP contribution in [0.1, 0.15) is 23.5 Å². The lowest BCUT2D eigenvalue weighted by Crippen LogP contribution is -2.47. The van der Waals surface area contributed by atoms with E-state index in [1.54, 1.807) is 0 Å². The van der Waals surface area contributed by atoms with Gasteiger partial charge in [0.05, 0.1) is 27.8 Å². The minimum absolute atomic E-state index is 0.241. The van der Waals surface area contributed by atoms with Gasteiger partial charge in [0.25, 0.3) is 0 Å². The van der Waals surface area contributed by atoms with Crippen molar-refractivity contribution in [3.05, 3.63) is 260 Å². The normalized spacial score (nSPS) is 14.9. The molecule has 0 amide bonds. The molecular formula is C63H45N5. The number of hydrogen-bond acceptors (Lipinski definition) is 3. The van der Waals surface area contributed by atoms with Crippen LogP contribution in [-0.4, -0.2) is 15.1 Å². The molecule has 10 aromatic carbocycles. The molecule has 1 aliphatic rings. The van der Waals surface area contributed by atoms with Gasteiger partial charge in [-0.3, -0.25) is 9.88 Å². The molecule has 68 heavy (non-hydrogen) atoms. The second-order valence-corrected chi connectivity index (χ2v) is 17.6. The molecule has 12 aromatic rings. The molecule has 1 aliphatic heterocycles. The smallest absolute Gasteiger partial charge is 0.206 e. The largest absolute Gasteiger partial charge is 0.336 e. The van der Waals surface area contributed by atoms with E-state index < -0.39 is 0 Å². The Morgan fingerprint density at radius 3 is 1.43 bits per heavy atom. The van der Waals surface area contributed by atoms with E-state index in [-0.39, 0.29) is 12.3 Å². The van der Waals surface area contributed by atoms with Crippen LogP contribution >= 0.6 is 0 Å². The number of fused-ring (bicyclic) bond motifs is 7. The number of hydrogen-bond donors (Lipinski definition) is 2. The van der Waals surface area contributed by atoms with Gasteiger partial charge < -0.3 is 9.88 Å². The summed E-state index contributed by atoms with van der Waals surface area (Å²) in [4.78, 5) is 5.60. The molecule has 0 radical (unpaired) electrons. The van der Waals surface area contributed by atoms with E-state index in [1.165, 1.54) is 60.5 Å². The van der Waals surface area contributed by atoms with Crippen LogP contribution in [0.25, 0.3) is 93.8 Å². The molecule has 0 bridgehead atoms. The summed E-state index contributed by atoms with van der Waals surface area (Å²) in [5.74, 6) is 0.785. The second-order valence-electron chi connectivity index (χ2n) is 17.6. The van der Waals surface area contributed by atoms with Gasteiger partial charge in [0.2, 0.25) is 5.96 Å². The van der Waals surface area contributed by atoms with E-state index in [0.717, 1.165) is 50.4 Å². The molecular weight excluding hydrogens is 827 g/mol. The van der Waals surface area contributed by atoms with E-state index in [4.69, 9.17) is 4.99 Å². The lowest BCUT2D eigenvalue weighted by molar-refractivity contribution is 0.403. The number of rotatable bonds is 7. The Kier molecular flexibility index (Phi) is 9.66. The van der Waals surface area contributed by atoms with E-state index in [0.29, 0.717) is 0 Å². The minimum Gasteiger partial charge on any atom is -0.336 e. The zero-order valence-electron chi connectivity index (χ0n) is 37.2. The number of aliphatic imine (C=N–C) groups is 1. The highest BCUT2D eigenvalue weighted by Crippen LogP contribution is 2.44. The summed E-state index contributed by atoms with van der Waals surface area (Å²) in [6.45, 7) is 0. The maximum absolute atomic E-state index is 5.60. The highest BCUT2D eigenvalue weighted by molar-refractivity contribution is 6.30. The Morgan fingerprint density at radius 2 is 0.809 bits per heavy atom. The van der Waals surface area contributed by atoms with Crippen LogP contribution in [0, 0.1) is 0 Å². The van der Waals surface area contributed by atoms with Crippen LogP contribution in [-0.2, 0) is 0 Å².